The second-order valence-corrected chi connectivity index (χ2v) is 6.72. The summed E-state index contributed by atoms with van der Waals surface area (Å²) in [5.41, 5.74) is 1.69. The maximum atomic E-state index is 12.2. The average molecular weight is 436 g/mol. The molecule has 2 rings (SSSR count). The van der Waals surface area contributed by atoms with Crippen molar-refractivity contribution in [2.75, 3.05) is 27.9 Å². The van der Waals surface area contributed by atoms with Gasteiger partial charge in [0, 0.05) is 18.1 Å². The molecule has 0 unspecified atom stereocenters. The first kappa shape index (κ1) is 20.8. The predicted octanol–water partition coefficient (Wildman–Crippen LogP) is 3.21. The summed E-state index contributed by atoms with van der Waals surface area (Å²) in [6.07, 6.45) is 0.0432. The zero-order valence-electron chi connectivity index (χ0n) is 15.5. The number of hydrogen-bond acceptors (Lipinski definition) is 5. The third-order valence-corrected chi connectivity index (χ3v) is 4.72. The van der Waals surface area contributed by atoms with Crippen molar-refractivity contribution in [1.29, 1.82) is 0 Å². The van der Waals surface area contributed by atoms with E-state index in [1.807, 2.05) is 24.3 Å². The summed E-state index contributed by atoms with van der Waals surface area (Å²) in [6, 6.07) is 12.8. The van der Waals surface area contributed by atoms with E-state index in [2.05, 4.69) is 15.9 Å². The number of halogens is 1. The van der Waals surface area contributed by atoms with Gasteiger partial charge in [0.1, 0.15) is 0 Å². The molecular formula is C20H22BrNO5. The average Bonchev–Trinajstić information content (AvgIpc) is 2.67. The fourth-order valence-electron chi connectivity index (χ4n) is 2.43. The number of benzene rings is 2. The summed E-state index contributed by atoms with van der Waals surface area (Å²) >= 11 is 3.45. The lowest BCUT2D eigenvalue weighted by atomic mass is 10.1. The lowest BCUT2D eigenvalue weighted by molar-refractivity contribution is -0.151. The lowest BCUT2D eigenvalue weighted by Crippen LogP contribution is -2.31. The van der Waals surface area contributed by atoms with E-state index in [0.717, 1.165) is 10.0 Å². The molecule has 0 bridgehead atoms. The molecule has 27 heavy (non-hydrogen) atoms. The van der Waals surface area contributed by atoms with Crippen LogP contribution in [0.3, 0.4) is 0 Å². The lowest BCUT2D eigenvalue weighted by Gasteiger charge is -2.18. The van der Waals surface area contributed by atoms with Crippen LogP contribution in [0.5, 0.6) is 11.5 Å². The molecule has 144 valence electrons. The van der Waals surface area contributed by atoms with Crippen LogP contribution >= 0.6 is 15.9 Å². The normalized spacial score (nSPS) is 10.2. The van der Waals surface area contributed by atoms with E-state index in [1.54, 1.807) is 32.4 Å². The molecule has 2 aromatic rings. The molecule has 0 fully saturated rings. The molecule has 0 saturated carbocycles. The molecule has 0 spiro atoms. The highest BCUT2D eigenvalue weighted by molar-refractivity contribution is 9.10. The number of carbonyl (C=O) groups is 2. The SMILES string of the molecule is COc1ccc(CC(=O)OCC(=O)N(C)Cc2ccccc2Br)cc1OC. The van der Waals surface area contributed by atoms with Gasteiger partial charge in [-0.15, -0.1) is 0 Å². The molecule has 0 aliphatic rings. The van der Waals surface area contributed by atoms with Crippen LogP contribution in [-0.4, -0.2) is 44.7 Å². The first-order valence-corrected chi connectivity index (χ1v) is 9.07. The summed E-state index contributed by atoms with van der Waals surface area (Å²) in [7, 11) is 4.74. The highest BCUT2D eigenvalue weighted by Gasteiger charge is 2.15. The van der Waals surface area contributed by atoms with Crippen molar-refractivity contribution in [2.24, 2.45) is 0 Å². The number of ether oxygens (including phenoxy) is 3. The fraction of sp³-hybridized carbons (Fsp3) is 0.300. The van der Waals surface area contributed by atoms with Gasteiger partial charge in [0.15, 0.2) is 18.1 Å². The largest absolute Gasteiger partial charge is 0.493 e. The monoisotopic (exact) mass is 435 g/mol. The minimum absolute atomic E-state index is 0.0432. The van der Waals surface area contributed by atoms with Crippen LogP contribution < -0.4 is 9.47 Å². The van der Waals surface area contributed by atoms with Gasteiger partial charge < -0.3 is 19.1 Å². The molecule has 0 N–H and O–H groups in total. The van der Waals surface area contributed by atoms with Crippen molar-refractivity contribution < 1.29 is 23.8 Å². The van der Waals surface area contributed by atoms with E-state index in [1.165, 1.54) is 12.0 Å². The smallest absolute Gasteiger partial charge is 0.310 e. The number of rotatable bonds is 8. The van der Waals surface area contributed by atoms with E-state index in [0.29, 0.717) is 23.6 Å². The van der Waals surface area contributed by atoms with Crippen molar-refractivity contribution in [3.8, 4) is 11.5 Å². The van der Waals surface area contributed by atoms with Crippen LogP contribution in [0.4, 0.5) is 0 Å². The van der Waals surface area contributed by atoms with E-state index in [9.17, 15) is 9.59 Å². The first-order valence-electron chi connectivity index (χ1n) is 8.28. The van der Waals surface area contributed by atoms with Crippen LogP contribution in [-0.2, 0) is 27.3 Å². The topological polar surface area (TPSA) is 65.1 Å². The second kappa shape index (κ2) is 9.97. The summed E-state index contributed by atoms with van der Waals surface area (Å²) in [6.45, 7) is 0.126. The molecule has 2 aromatic carbocycles. The van der Waals surface area contributed by atoms with E-state index in [-0.39, 0.29) is 18.9 Å². The fourth-order valence-corrected chi connectivity index (χ4v) is 2.84. The van der Waals surface area contributed by atoms with Gasteiger partial charge in [-0.3, -0.25) is 9.59 Å². The van der Waals surface area contributed by atoms with Crippen LogP contribution in [0, 0.1) is 0 Å². The Morgan fingerprint density at radius 3 is 2.41 bits per heavy atom. The van der Waals surface area contributed by atoms with Gasteiger partial charge in [-0.2, -0.15) is 0 Å². The van der Waals surface area contributed by atoms with E-state index in [4.69, 9.17) is 14.2 Å². The molecule has 1 amide bonds. The Hall–Kier alpha value is -2.54. The van der Waals surface area contributed by atoms with Gasteiger partial charge in [0.05, 0.1) is 20.6 Å². The Labute approximate surface area is 167 Å². The molecule has 0 aliphatic heterocycles. The molecule has 6 nitrogen and oxygen atoms in total. The van der Waals surface area contributed by atoms with Crippen molar-refractivity contribution in [1.82, 2.24) is 4.90 Å². The molecule has 0 aromatic heterocycles. The quantitative estimate of drug-likeness (QED) is 0.595. The predicted molar refractivity (Wildman–Crippen MR) is 105 cm³/mol. The Kier molecular flexibility index (Phi) is 7.67. The van der Waals surface area contributed by atoms with Gasteiger partial charge >= 0.3 is 5.97 Å². The Balaban J connectivity index is 1.86. The number of amides is 1. The Morgan fingerprint density at radius 2 is 1.74 bits per heavy atom. The highest BCUT2D eigenvalue weighted by atomic mass is 79.9. The summed E-state index contributed by atoms with van der Waals surface area (Å²) in [5, 5.41) is 0. The number of methoxy groups -OCH3 is 2. The Bertz CT molecular complexity index is 809. The van der Waals surface area contributed by atoms with Crippen molar-refractivity contribution >= 4 is 27.8 Å². The number of nitrogens with zero attached hydrogens (tertiary/aromatic N) is 1. The second-order valence-electron chi connectivity index (χ2n) is 5.87. The summed E-state index contributed by atoms with van der Waals surface area (Å²) < 4.78 is 16.4. The minimum atomic E-state index is -0.482. The number of esters is 1. The Morgan fingerprint density at radius 1 is 1.04 bits per heavy atom. The molecule has 0 heterocycles. The number of likely N-dealkylation sites (N-methyl/N-ethyl adjacent to an activating group) is 1. The summed E-state index contributed by atoms with van der Waals surface area (Å²) in [4.78, 5) is 25.7. The van der Waals surface area contributed by atoms with Crippen LogP contribution in [0.2, 0.25) is 0 Å². The van der Waals surface area contributed by atoms with Gasteiger partial charge in [0.2, 0.25) is 0 Å². The molecule has 0 radical (unpaired) electrons. The molecule has 0 aliphatic carbocycles. The van der Waals surface area contributed by atoms with Crippen molar-refractivity contribution in [3.63, 3.8) is 0 Å². The third kappa shape index (κ3) is 5.99. The molecule has 7 heteroatoms. The zero-order chi connectivity index (χ0) is 19.8. The zero-order valence-corrected chi connectivity index (χ0v) is 17.1. The van der Waals surface area contributed by atoms with E-state index >= 15 is 0 Å². The molecule has 0 atom stereocenters. The van der Waals surface area contributed by atoms with Crippen molar-refractivity contribution in [2.45, 2.75) is 13.0 Å². The highest BCUT2D eigenvalue weighted by Crippen LogP contribution is 2.27. The third-order valence-electron chi connectivity index (χ3n) is 3.94. The number of carbonyl (C=O) groups excluding carboxylic acids is 2. The van der Waals surface area contributed by atoms with Crippen LogP contribution in [0.25, 0.3) is 0 Å². The van der Waals surface area contributed by atoms with Crippen LogP contribution in [0.15, 0.2) is 46.9 Å². The van der Waals surface area contributed by atoms with Gasteiger partial charge in [-0.1, -0.05) is 40.2 Å². The summed E-state index contributed by atoms with van der Waals surface area (Å²) in [5.74, 6) is 0.363. The molecular weight excluding hydrogens is 414 g/mol. The van der Waals surface area contributed by atoms with Crippen LogP contribution in [0.1, 0.15) is 11.1 Å². The maximum Gasteiger partial charge on any atom is 0.310 e. The molecule has 0 saturated heterocycles. The minimum Gasteiger partial charge on any atom is -0.493 e. The first-order chi connectivity index (χ1) is 12.9. The van der Waals surface area contributed by atoms with Gasteiger partial charge in [-0.25, -0.2) is 0 Å². The maximum absolute atomic E-state index is 12.2. The standard InChI is InChI=1S/C20H22BrNO5/c1-22(12-15-6-4-5-7-16(15)21)19(23)13-27-20(24)11-14-8-9-17(25-2)18(10-14)26-3/h4-10H,11-13H2,1-3H3. The van der Waals surface area contributed by atoms with E-state index < -0.39 is 5.97 Å². The number of hydrogen-bond donors (Lipinski definition) is 0. The van der Waals surface area contributed by atoms with Crippen molar-refractivity contribution in [3.05, 3.63) is 58.1 Å². The van der Waals surface area contributed by atoms with Gasteiger partial charge in [0.25, 0.3) is 5.91 Å². The van der Waals surface area contributed by atoms with Gasteiger partial charge in [-0.05, 0) is 29.3 Å².